The van der Waals surface area contributed by atoms with Gasteiger partial charge < -0.3 is 4.57 Å². The first-order chi connectivity index (χ1) is 4.25. The molecule has 0 atom stereocenters. The van der Waals surface area contributed by atoms with E-state index in [0.717, 1.165) is 12.2 Å². The maximum absolute atomic E-state index is 12.5. The lowest BCUT2D eigenvalue weighted by Gasteiger charge is -1.98. The van der Waals surface area contributed by atoms with Gasteiger partial charge in [-0.25, -0.2) is 4.39 Å². The smallest absolute Gasteiger partial charge is 0.143 e. The van der Waals surface area contributed by atoms with Crippen molar-refractivity contribution in [2.24, 2.45) is 0 Å². The summed E-state index contributed by atoms with van der Waals surface area (Å²) in [4.78, 5) is 0. The van der Waals surface area contributed by atoms with E-state index in [1.807, 2.05) is 11.5 Å². The van der Waals surface area contributed by atoms with Gasteiger partial charge in [0.15, 0.2) is 0 Å². The number of hydrogen-bond donors (Lipinski definition) is 0. The summed E-state index contributed by atoms with van der Waals surface area (Å²) in [5, 5.41) is 0. The van der Waals surface area contributed by atoms with Crippen molar-refractivity contribution < 1.29 is 4.39 Å². The Morgan fingerprint density at radius 3 is 2.56 bits per heavy atom. The monoisotopic (exact) mass is 127 g/mol. The van der Waals surface area contributed by atoms with Gasteiger partial charge in [-0.15, -0.1) is 0 Å². The third kappa shape index (κ3) is 0.969. The molecule has 0 aliphatic heterocycles. The van der Waals surface area contributed by atoms with E-state index in [-0.39, 0.29) is 5.82 Å². The van der Waals surface area contributed by atoms with Gasteiger partial charge in [0.05, 0.1) is 5.69 Å². The third-order valence-corrected chi connectivity index (χ3v) is 1.52. The number of aryl methyl sites for hydroxylation is 1. The van der Waals surface area contributed by atoms with E-state index in [2.05, 4.69) is 0 Å². The third-order valence-electron chi connectivity index (χ3n) is 1.52. The molecule has 0 bridgehead atoms. The Labute approximate surface area is 54.1 Å². The minimum atomic E-state index is -0.114. The summed E-state index contributed by atoms with van der Waals surface area (Å²) in [6.45, 7) is 4.61. The molecule has 2 heteroatoms. The summed E-state index contributed by atoms with van der Waals surface area (Å²) < 4.78 is 14.4. The minimum Gasteiger partial charge on any atom is -0.349 e. The van der Waals surface area contributed by atoms with Crippen LogP contribution in [0.25, 0.3) is 0 Å². The molecule has 50 valence electrons. The topological polar surface area (TPSA) is 4.93 Å². The van der Waals surface area contributed by atoms with Crippen molar-refractivity contribution in [2.75, 3.05) is 0 Å². The van der Waals surface area contributed by atoms with Crippen molar-refractivity contribution in [3.05, 3.63) is 23.8 Å². The minimum absolute atomic E-state index is 0.114. The predicted molar refractivity (Wildman–Crippen MR) is 34.8 cm³/mol. The molecule has 0 saturated carbocycles. The number of aromatic nitrogens is 1. The normalized spacial score (nSPS) is 10.1. The predicted octanol–water partition coefficient (Wildman–Crippen LogP) is 1.96. The molecule has 1 heterocycles. The van der Waals surface area contributed by atoms with Crippen molar-refractivity contribution in [3.8, 4) is 0 Å². The summed E-state index contributed by atoms with van der Waals surface area (Å²) in [5.41, 5.74) is 0.720. The van der Waals surface area contributed by atoms with Gasteiger partial charge in [-0.05, 0) is 19.9 Å². The Hall–Kier alpha value is -0.790. The highest BCUT2D eigenvalue weighted by Gasteiger charge is 1.99. The summed E-state index contributed by atoms with van der Waals surface area (Å²) in [6, 6.07) is 1.48. The first-order valence-corrected chi connectivity index (χ1v) is 3.07. The number of halogens is 1. The molecule has 0 radical (unpaired) electrons. The molecule has 0 unspecified atom stereocenters. The van der Waals surface area contributed by atoms with Crippen molar-refractivity contribution in [1.29, 1.82) is 0 Å². The summed E-state index contributed by atoms with van der Waals surface area (Å²) in [5.74, 6) is -0.114. The van der Waals surface area contributed by atoms with Crippen LogP contribution in [0.2, 0.25) is 0 Å². The van der Waals surface area contributed by atoms with E-state index in [9.17, 15) is 4.39 Å². The second-order valence-corrected chi connectivity index (χ2v) is 2.04. The number of nitrogens with zero attached hydrogens (tertiary/aromatic N) is 1. The molecule has 1 rings (SSSR count). The Morgan fingerprint density at radius 1 is 1.67 bits per heavy atom. The van der Waals surface area contributed by atoms with E-state index in [4.69, 9.17) is 0 Å². The molecule has 0 aliphatic carbocycles. The summed E-state index contributed by atoms with van der Waals surface area (Å²) >= 11 is 0. The van der Waals surface area contributed by atoms with E-state index >= 15 is 0 Å². The van der Waals surface area contributed by atoms with Gasteiger partial charge in [0.25, 0.3) is 0 Å². The quantitative estimate of drug-likeness (QED) is 0.543. The molecule has 0 spiro atoms. The molecule has 1 nitrogen and oxygen atoms in total. The second kappa shape index (κ2) is 2.21. The van der Waals surface area contributed by atoms with Gasteiger partial charge in [-0.1, -0.05) is 0 Å². The molecule has 0 amide bonds. The Morgan fingerprint density at radius 2 is 2.33 bits per heavy atom. The molecule has 0 saturated heterocycles. The van der Waals surface area contributed by atoms with Crippen LogP contribution in [0.3, 0.4) is 0 Å². The molecule has 0 N–H and O–H groups in total. The highest BCUT2D eigenvalue weighted by molar-refractivity contribution is 5.07. The van der Waals surface area contributed by atoms with E-state index in [1.165, 1.54) is 6.07 Å². The van der Waals surface area contributed by atoms with Gasteiger partial charge in [-0.2, -0.15) is 0 Å². The first kappa shape index (κ1) is 6.33. The van der Waals surface area contributed by atoms with Gasteiger partial charge in [0.2, 0.25) is 0 Å². The maximum atomic E-state index is 12.5. The first-order valence-electron chi connectivity index (χ1n) is 3.07. The maximum Gasteiger partial charge on any atom is 0.143 e. The average molecular weight is 127 g/mol. The van der Waals surface area contributed by atoms with E-state index in [1.54, 1.807) is 13.1 Å². The number of hydrogen-bond acceptors (Lipinski definition) is 0. The van der Waals surface area contributed by atoms with Crippen LogP contribution >= 0.6 is 0 Å². The van der Waals surface area contributed by atoms with Crippen LogP contribution in [0, 0.1) is 12.7 Å². The van der Waals surface area contributed by atoms with Gasteiger partial charge in [0, 0.05) is 12.7 Å². The van der Waals surface area contributed by atoms with Crippen LogP contribution in [0.5, 0.6) is 0 Å². The zero-order valence-electron chi connectivity index (χ0n) is 5.69. The molecule has 1 aromatic heterocycles. The van der Waals surface area contributed by atoms with Crippen LogP contribution in [0.1, 0.15) is 12.6 Å². The SMILES string of the molecule is CCn1ccc(F)c1C. The van der Waals surface area contributed by atoms with Crippen molar-refractivity contribution in [2.45, 2.75) is 20.4 Å². The van der Waals surface area contributed by atoms with E-state index < -0.39 is 0 Å². The molecule has 9 heavy (non-hydrogen) atoms. The highest BCUT2D eigenvalue weighted by Crippen LogP contribution is 2.05. The second-order valence-electron chi connectivity index (χ2n) is 2.04. The molecule has 1 aromatic rings. The lowest BCUT2D eigenvalue weighted by molar-refractivity contribution is 0.603. The van der Waals surface area contributed by atoms with Gasteiger partial charge in [0.1, 0.15) is 5.82 Å². The van der Waals surface area contributed by atoms with Crippen LogP contribution in [-0.2, 0) is 6.54 Å². The lowest BCUT2D eigenvalue weighted by Crippen LogP contribution is -1.94. The zero-order valence-corrected chi connectivity index (χ0v) is 5.69. The fourth-order valence-electron chi connectivity index (χ4n) is 0.868. The van der Waals surface area contributed by atoms with Crippen molar-refractivity contribution in [1.82, 2.24) is 4.57 Å². The standard InChI is InChI=1S/C7H10FN/c1-3-9-5-4-7(8)6(9)2/h4-5H,3H2,1-2H3. The molecular weight excluding hydrogens is 117 g/mol. The Balaban J connectivity index is 3.04. The fraction of sp³-hybridized carbons (Fsp3) is 0.429. The Kier molecular flexibility index (Phi) is 1.56. The molecular formula is C7H10FN. The summed E-state index contributed by atoms with van der Waals surface area (Å²) in [6.07, 6.45) is 1.75. The van der Waals surface area contributed by atoms with Gasteiger partial charge >= 0.3 is 0 Å². The van der Waals surface area contributed by atoms with Crippen LogP contribution in [0.15, 0.2) is 12.3 Å². The Bertz CT molecular complexity index is 203. The molecule has 0 fully saturated rings. The molecule has 0 aromatic carbocycles. The largest absolute Gasteiger partial charge is 0.349 e. The van der Waals surface area contributed by atoms with Crippen LogP contribution < -0.4 is 0 Å². The van der Waals surface area contributed by atoms with Crippen LogP contribution in [-0.4, -0.2) is 4.57 Å². The zero-order chi connectivity index (χ0) is 6.85. The van der Waals surface area contributed by atoms with E-state index in [0.29, 0.717) is 0 Å². The fourth-order valence-corrected chi connectivity index (χ4v) is 0.868. The van der Waals surface area contributed by atoms with Crippen molar-refractivity contribution in [3.63, 3.8) is 0 Å². The van der Waals surface area contributed by atoms with Crippen molar-refractivity contribution >= 4 is 0 Å². The van der Waals surface area contributed by atoms with Crippen LogP contribution in [0.4, 0.5) is 4.39 Å². The highest BCUT2D eigenvalue weighted by atomic mass is 19.1. The summed E-state index contributed by atoms with van der Waals surface area (Å²) in [7, 11) is 0. The molecule has 0 aliphatic rings. The van der Waals surface area contributed by atoms with Gasteiger partial charge in [-0.3, -0.25) is 0 Å². The number of rotatable bonds is 1. The lowest BCUT2D eigenvalue weighted by atomic mass is 10.4. The average Bonchev–Trinajstić information content (AvgIpc) is 2.15.